The van der Waals surface area contributed by atoms with E-state index >= 15 is 0 Å². The van der Waals surface area contributed by atoms with E-state index in [4.69, 9.17) is 18.0 Å². The molecule has 0 amide bonds. The third-order valence-corrected chi connectivity index (χ3v) is 3.48. The number of hydrogen-bond donors (Lipinski definition) is 2. The molecule has 0 aromatic carbocycles. The van der Waals surface area contributed by atoms with Crippen molar-refractivity contribution in [1.29, 1.82) is 0 Å². The molecule has 0 radical (unpaired) electrons. The summed E-state index contributed by atoms with van der Waals surface area (Å²) in [5.41, 5.74) is 9.61. The quantitative estimate of drug-likeness (QED) is 0.759. The number of hydrogen-bond acceptors (Lipinski definition) is 4. The van der Waals surface area contributed by atoms with Gasteiger partial charge in [-0.2, -0.15) is 0 Å². The summed E-state index contributed by atoms with van der Waals surface area (Å²) in [4.78, 5) is 7.06. The van der Waals surface area contributed by atoms with Gasteiger partial charge in [-0.25, -0.2) is 0 Å². The van der Waals surface area contributed by atoms with Crippen molar-refractivity contribution in [1.82, 2.24) is 9.88 Å². The fraction of sp³-hybridized carbons (Fsp3) is 0.625. The summed E-state index contributed by atoms with van der Waals surface area (Å²) in [7, 11) is 4.18. The molecular formula is C16H28N4S. The van der Waals surface area contributed by atoms with E-state index in [9.17, 15) is 0 Å². The topological polar surface area (TPSA) is 54.2 Å². The molecule has 3 N–H and O–H groups in total. The van der Waals surface area contributed by atoms with Crippen LogP contribution in [0.25, 0.3) is 0 Å². The molecule has 0 fully saturated rings. The monoisotopic (exact) mass is 308 g/mol. The molecule has 1 aromatic rings. The Balaban J connectivity index is 3.09. The number of aryl methyl sites for hydroxylation is 2. The maximum absolute atomic E-state index is 5.88. The largest absolute Gasteiger partial charge is 0.389 e. The van der Waals surface area contributed by atoms with Crippen LogP contribution in [0.5, 0.6) is 0 Å². The maximum Gasteiger partial charge on any atom is 0.107 e. The molecule has 0 aliphatic rings. The molecule has 0 bridgehead atoms. The Kier molecular flexibility index (Phi) is 6.55. The zero-order valence-corrected chi connectivity index (χ0v) is 14.8. The molecule has 1 aromatic heterocycles. The summed E-state index contributed by atoms with van der Waals surface area (Å²) < 4.78 is 0. The van der Waals surface area contributed by atoms with E-state index in [1.807, 2.05) is 19.9 Å². The maximum atomic E-state index is 5.88. The molecule has 1 unspecified atom stereocenters. The minimum absolute atomic E-state index is 0.356. The number of pyridine rings is 1. The first-order valence-electron chi connectivity index (χ1n) is 7.40. The predicted octanol–water partition coefficient (Wildman–Crippen LogP) is 2.72. The summed E-state index contributed by atoms with van der Waals surface area (Å²) in [6.45, 7) is 9.39. The lowest BCUT2D eigenvalue weighted by atomic mass is 10.0. The zero-order chi connectivity index (χ0) is 16.2. The van der Waals surface area contributed by atoms with Crippen molar-refractivity contribution in [3.63, 3.8) is 0 Å². The zero-order valence-electron chi connectivity index (χ0n) is 14.0. The first-order valence-corrected chi connectivity index (χ1v) is 7.80. The molecule has 0 aliphatic heterocycles. The van der Waals surface area contributed by atoms with Gasteiger partial charge in [-0.05, 0) is 46.3 Å². The van der Waals surface area contributed by atoms with Crippen molar-refractivity contribution in [3.8, 4) is 0 Å². The number of nitrogens with two attached hydrogens (primary N) is 1. The molecule has 1 rings (SSSR count). The van der Waals surface area contributed by atoms with Gasteiger partial charge in [0, 0.05) is 29.7 Å². The van der Waals surface area contributed by atoms with Crippen LogP contribution in [0.4, 0.5) is 5.69 Å². The molecule has 21 heavy (non-hydrogen) atoms. The lowest BCUT2D eigenvalue weighted by Gasteiger charge is -2.26. The van der Waals surface area contributed by atoms with Crippen molar-refractivity contribution in [2.24, 2.45) is 11.7 Å². The van der Waals surface area contributed by atoms with Crippen LogP contribution >= 0.6 is 12.2 Å². The van der Waals surface area contributed by atoms with Crippen molar-refractivity contribution >= 4 is 22.9 Å². The summed E-state index contributed by atoms with van der Waals surface area (Å²) in [6.07, 6.45) is 1.09. The highest BCUT2D eigenvalue weighted by atomic mass is 32.1. The molecule has 1 heterocycles. The van der Waals surface area contributed by atoms with Gasteiger partial charge in [0.05, 0.1) is 5.56 Å². The second-order valence-electron chi connectivity index (χ2n) is 6.37. The Bertz CT molecular complexity index is 487. The van der Waals surface area contributed by atoms with E-state index in [-0.39, 0.29) is 0 Å². The van der Waals surface area contributed by atoms with Gasteiger partial charge in [-0.1, -0.05) is 26.1 Å². The van der Waals surface area contributed by atoms with Crippen LogP contribution in [-0.2, 0) is 0 Å². The number of rotatable bonds is 7. The highest BCUT2D eigenvalue weighted by Crippen LogP contribution is 2.22. The SMILES string of the molecule is Cc1cc(NC(CC(C)C)CN(C)C)c(C(N)=S)c(C)n1. The third kappa shape index (κ3) is 5.59. The molecule has 0 aliphatic carbocycles. The second-order valence-corrected chi connectivity index (χ2v) is 6.81. The summed E-state index contributed by atoms with van der Waals surface area (Å²) >= 11 is 5.20. The van der Waals surface area contributed by atoms with Gasteiger partial charge in [0.1, 0.15) is 4.99 Å². The fourth-order valence-electron chi connectivity index (χ4n) is 2.66. The molecule has 0 saturated heterocycles. The molecule has 5 heteroatoms. The normalized spacial score (nSPS) is 12.8. The average molecular weight is 308 g/mol. The lowest BCUT2D eigenvalue weighted by molar-refractivity contribution is 0.356. The Morgan fingerprint density at radius 2 is 2.00 bits per heavy atom. The molecule has 1 atom stereocenters. The van der Waals surface area contributed by atoms with E-state index < -0.39 is 0 Å². The van der Waals surface area contributed by atoms with Crippen molar-refractivity contribution in [2.75, 3.05) is 26.0 Å². The Labute approximate surface area is 134 Å². The highest BCUT2D eigenvalue weighted by Gasteiger charge is 2.17. The number of likely N-dealkylation sites (N-methyl/N-ethyl adjacent to an activating group) is 1. The molecule has 0 saturated carbocycles. The number of nitrogens with one attached hydrogen (secondary N) is 1. The highest BCUT2D eigenvalue weighted by molar-refractivity contribution is 7.80. The van der Waals surface area contributed by atoms with Gasteiger partial charge in [0.15, 0.2) is 0 Å². The first kappa shape index (κ1) is 17.9. The van der Waals surface area contributed by atoms with E-state index in [2.05, 4.69) is 43.1 Å². The summed E-state index contributed by atoms with van der Waals surface area (Å²) in [5, 5.41) is 3.62. The second kappa shape index (κ2) is 7.71. The van der Waals surface area contributed by atoms with Gasteiger partial charge < -0.3 is 16.0 Å². The van der Waals surface area contributed by atoms with Crippen molar-refractivity contribution in [3.05, 3.63) is 23.0 Å². The van der Waals surface area contributed by atoms with Gasteiger partial charge in [-0.3, -0.25) is 4.98 Å². The van der Waals surface area contributed by atoms with Gasteiger partial charge in [0.25, 0.3) is 0 Å². The number of anilines is 1. The van der Waals surface area contributed by atoms with E-state index in [0.717, 1.165) is 35.6 Å². The van der Waals surface area contributed by atoms with Gasteiger partial charge in [-0.15, -0.1) is 0 Å². The summed E-state index contributed by atoms with van der Waals surface area (Å²) in [6, 6.07) is 2.39. The Morgan fingerprint density at radius 1 is 1.38 bits per heavy atom. The molecule has 4 nitrogen and oxygen atoms in total. The number of nitrogens with zero attached hydrogens (tertiary/aromatic N) is 2. The van der Waals surface area contributed by atoms with Crippen molar-refractivity contribution < 1.29 is 0 Å². The van der Waals surface area contributed by atoms with E-state index in [0.29, 0.717) is 16.9 Å². The Hall–Kier alpha value is -1.20. The van der Waals surface area contributed by atoms with Crippen LogP contribution in [0.3, 0.4) is 0 Å². The summed E-state index contributed by atoms with van der Waals surface area (Å²) in [5.74, 6) is 0.625. The van der Waals surface area contributed by atoms with Crippen LogP contribution in [-0.4, -0.2) is 41.6 Å². The first-order chi connectivity index (χ1) is 9.70. The van der Waals surface area contributed by atoms with E-state index in [1.165, 1.54) is 0 Å². The lowest BCUT2D eigenvalue weighted by Crippen LogP contribution is -2.34. The Morgan fingerprint density at radius 3 is 2.48 bits per heavy atom. The van der Waals surface area contributed by atoms with E-state index in [1.54, 1.807) is 0 Å². The minimum atomic E-state index is 0.356. The van der Waals surface area contributed by atoms with Gasteiger partial charge in [0.2, 0.25) is 0 Å². The third-order valence-electron chi connectivity index (χ3n) is 3.28. The smallest absolute Gasteiger partial charge is 0.107 e. The van der Waals surface area contributed by atoms with Crippen LogP contribution in [0.2, 0.25) is 0 Å². The number of thiocarbonyl (C=S) groups is 1. The van der Waals surface area contributed by atoms with Crippen molar-refractivity contribution in [2.45, 2.75) is 40.2 Å². The van der Waals surface area contributed by atoms with Crippen LogP contribution in [0.15, 0.2) is 6.07 Å². The van der Waals surface area contributed by atoms with Crippen LogP contribution in [0, 0.1) is 19.8 Å². The number of aromatic nitrogens is 1. The fourth-order valence-corrected chi connectivity index (χ4v) is 2.92. The predicted molar refractivity (Wildman–Crippen MR) is 95.0 cm³/mol. The molecule has 118 valence electrons. The van der Waals surface area contributed by atoms with Crippen LogP contribution < -0.4 is 11.1 Å². The van der Waals surface area contributed by atoms with Crippen LogP contribution in [0.1, 0.15) is 37.2 Å². The molecule has 0 spiro atoms. The van der Waals surface area contributed by atoms with Gasteiger partial charge >= 0.3 is 0 Å². The standard InChI is InChI=1S/C16H28N4S/c1-10(2)7-13(9-20(5)6)19-14-8-11(3)18-12(4)15(14)16(17)21/h8,10,13H,7,9H2,1-6H3,(H2,17,21)(H,18,19). The minimum Gasteiger partial charge on any atom is -0.389 e. The molecular weight excluding hydrogens is 280 g/mol. The average Bonchev–Trinajstić information content (AvgIpc) is 2.24.